The fourth-order valence-corrected chi connectivity index (χ4v) is 12.1. The van der Waals surface area contributed by atoms with Crippen LogP contribution in [-0.2, 0) is 28.6 Å². The third kappa shape index (κ3) is 5.19. The average Bonchev–Trinajstić information content (AvgIpc) is 2.97. The Morgan fingerprint density at radius 1 is 1.08 bits per heavy atom. The minimum absolute atomic E-state index is 0.0385. The molecule has 2 bridgehead atoms. The molecule has 1 heterocycles. The second-order valence-electron chi connectivity index (χ2n) is 18.4. The molecule has 1 aliphatic heterocycles. The summed E-state index contributed by atoms with van der Waals surface area (Å²) in [4.78, 5) is 41.0. The number of carboxylic acids is 1. The van der Waals surface area contributed by atoms with Gasteiger partial charge < -0.3 is 24.6 Å². The minimum Gasteiger partial charge on any atom is -0.481 e. The lowest BCUT2D eigenvalue weighted by Crippen LogP contribution is -2.71. The van der Waals surface area contributed by atoms with Crippen LogP contribution in [0.4, 0.5) is 0 Å². The number of rotatable bonds is 10. The molecule has 5 rings (SSSR count). The van der Waals surface area contributed by atoms with Crippen LogP contribution >= 0.6 is 0 Å². The first-order chi connectivity index (χ1) is 22.2. The van der Waals surface area contributed by atoms with Crippen molar-refractivity contribution in [2.45, 2.75) is 133 Å². The molecule has 0 radical (unpaired) electrons. The third-order valence-corrected chi connectivity index (χ3v) is 15.7. The number of carbonyl (C=O) groups is 3. The van der Waals surface area contributed by atoms with Gasteiger partial charge in [0.15, 0.2) is 5.78 Å². The Morgan fingerprint density at radius 3 is 2.31 bits per heavy atom. The molecule has 8 heteroatoms. The molecule has 0 aromatic heterocycles. The van der Waals surface area contributed by atoms with Crippen molar-refractivity contribution < 1.29 is 33.7 Å². The van der Waals surface area contributed by atoms with Crippen molar-refractivity contribution in [2.75, 3.05) is 26.4 Å². The highest BCUT2D eigenvalue weighted by Crippen LogP contribution is 2.74. The lowest BCUT2D eigenvalue weighted by Gasteiger charge is -2.70. The first-order valence-corrected chi connectivity index (χ1v) is 18.8. The van der Waals surface area contributed by atoms with Gasteiger partial charge in [0.05, 0.1) is 25.7 Å². The van der Waals surface area contributed by atoms with Gasteiger partial charge in [-0.15, -0.1) is 0 Å². The number of carbonyl (C=O) groups excluding carboxylic acids is 2. The van der Waals surface area contributed by atoms with E-state index in [1.165, 1.54) is 6.92 Å². The fraction of sp³-hybridized carbons (Fsp3) is 0.875. The van der Waals surface area contributed by atoms with Gasteiger partial charge in [0.2, 0.25) is 0 Å². The quantitative estimate of drug-likeness (QED) is 0.237. The lowest BCUT2D eigenvalue weighted by molar-refractivity contribution is -0.268. The van der Waals surface area contributed by atoms with E-state index >= 15 is 0 Å². The van der Waals surface area contributed by atoms with Gasteiger partial charge in [0.25, 0.3) is 0 Å². The van der Waals surface area contributed by atoms with E-state index in [2.05, 4.69) is 74.6 Å². The number of likely N-dealkylation sites (N-methyl/N-ethyl adjacent to an activating group) is 1. The van der Waals surface area contributed by atoms with Gasteiger partial charge in [-0.05, 0) is 92.1 Å². The number of carboxylic acid groups (broad SMARTS) is 1. The van der Waals surface area contributed by atoms with E-state index < -0.39 is 45.1 Å². The number of aliphatic carboxylic acids is 1. The number of hydrogen-bond donors (Lipinski definition) is 2. The van der Waals surface area contributed by atoms with Crippen molar-refractivity contribution in [1.82, 2.24) is 5.32 Å². The van der Waals surface area contributed by atoms with Crippen molar-refractivity contribution >= 4 is 17.7 Å². The molecule has 0 spiro atoms. The molecule has 4 fully saturated rings. The Bertz CT molecular complexity index is 1330. The molecule has 0 aromatic rings. The van der Waals surface area contributed by atoms with Gasteiger partial charge in [-0.2, -0.15) is 0 Å². The Hall–Kier alpha value is -1.77. The molecule has 5 aliphatic rings. The van der Waals surface area contributed by atoms with Gasteiger partial charge >= 0.3 is 11.9 Å². The molecular weight excluding hydrogens is 606 g/mol. The van der Waals surface area contributed by atoms with E-state index in [4.69, 9.17) is 14.2 Å². The van der Waals surface area contributed by atoms with Crippen LogP contribution in [0.3, 0.4) is 0 Å². The predicted octanol–water partition coefficient (Wildman–Crippen LogP) is 7.10. The molecule has 12 atom stereocenters. The van der Waals surface area contributed by atoms with Gasteiger partial charge in [-0.25, -0.2) is 0 Å². The number of nitrogens with one attached hydrogen (secondary N) is 1. The normalized spacial score (nSPS) is 44.2. The maximum Gasteiger partial charge on any atom is 0.308 e. The van der Waals surface area contributed by atoms with Gasteiger partial charge in [0, 0.05) is 28.7 Å². The summed E-state index contributed by atoms with van der Waals surface area (Å²) >= 11 is 0. The third-order valence-electron chi connectivity index (χ3n) is 15.7. The average molecular weight is 672 g/mol. The van der Waals surface area contributed by atoms with E-state index in [0.29, 0.717) is 38.1 Å². The van der Waals surface area contributed by atoms with E-state index in [0.717, 1.165) is 37.8 Å². The highest BCUT2D eigenvalue weighted by atomic mass is 16.6. The Labute approximate surface area is 289 Å². The van der Waals surface area contributed by atoms with Crippen molar-refractivity contribution in [1.29, 1.82) is 0 Å². The SMILES string of the molecule is CCN[C@@](C)(CO[C@H]1[C@H](OC(C)=O)C[C@@]23COC[C@]1(C)[C@@H]2CC[C@H]1C3=CC(=O)[C@@]2(C)[C@H](C(=O)O)[C@@](C)([C@H](C)C(C)C)CC[C@]12C)C(C)C. The van der Waals surface area contributed by atoms with Crippen LogP contribution < -0.4 is 5.32 Å². The fourth-order valence-electron chi connectivity index (χ4n) is 12.1. The van der Waals surface area contributed by atoms with Gasteiger partial charge in [-0.3, -0.25) is 14.4 Å². The van der Waals surface area contributed by atoms with Gasteiger partial charge in [0.1, 0.15) is 12.2 Å². The molecular formula is C40H65NO7. The van der Waals surface area contributed by atoms with Crippen LogP contribution in [0.25, 0.3) is 0 Å². The van der Waals surface area contributed by atoms with E-state index in [9.17, 15) is 19.5 Å². The van der Waals surface area contributed by atoms with Gasteiger partial charge in [-0.1, -0.05) is 74.8 Å². The largest absolute Gasteiger partial charge is 0.481 e. The van der Waals surface area contributed by atoms with E-state index in [1.807, 2.05) is 13.0 Å². The molecule has 272 valence electrons. The lowest BCUT2D eigenvalue weighted by atomic mass is 9.34. The number of ketones is 1. The summed E-state index contributed by atoms with van der Waals surface area (Å²) in [5, 5.41) is 14.6. The second kappa shape index (κ2) is 12.5. The molecule has 3 saturated carbocycles. The zero-order valence-electron chi connectivity index (χ0n) is 32.0. The molecule has 8 nitrogen and oxygen atoms in total. The highest BCUT2D eigenvalue weighted by molar-refractivity contribution is 6.00. The predicted molar refractivity (Wildman–Crippen MR) is 186 cm³/mol. The molecule has 1 saturated heterocycles. The van der Waals surface area contributed by atoms with Crippen LogP contribution in [0, 0.1) is 62.6 Å². The first kappa shape index (κ1) is 37.5. The van der Waals surface area contributed by atoms with Crippen LogP contribution in [0.2, 0.25) is 0 Å². The zero-order valence-corrected chi connectivity index (χ0v) is 32.0. The zero-order chi connectivity index (χ0) is 35.8. The Balaban J connectivity index is 1.60. The number of esters is 1. The molecule has 2 N–H and O–H groups in total. The van der Waals surface area contributed by atoms with Crippen LogP contribution in [0.5, 0.6) is 0 Å². The van der Waals surface area contributed by atoms with Crippen molar-refractivity contribution in [3.63, 3.8) is 0 Å². The summed E-state index contributed by atoms with van der Waals surface area (Å²) in [6, 6.07) is 0. The number of fused-ring (bicyclic) bond motifs is 3. The van der Waals surface area contributed by atoms with E-state index in [-0.39, 0.29) is 41.1 Å². The summed E-state index contributed by atoms with van der Waals surface area (Å²) in [5.41, 5.74) is -2.18. The smallest absolute Gasteiger partial charge is 0.308 e. The summed E-state index contributed by atoms with van der Waals surface area (Å²) in [7, 11) is 0. The summed E-state index contributed by atoms with van der Waals surface area (Å²) in [6.07, 6.45) is 4.93. The maximum atomic E-state index is 14.9. The van der Waals surface area contributed by atoms with E-state index in [1.54, 1.807) is 0 Å². The van der Waals surface area contributed by atoms with Crippen molar-refractivity contribution in [3.8, 4) is 0 Å². The topological polar surface area (TPSA) is 111 Å². The Morgan fingerprint density at radius 2 is 1.75 bits per heavy atom. The molecule has 48 heavy (non-hydrogen) atoms. The second-order valence-corrected chi connectivity index (χ2v) is 18.4. The first-order valence-electron chi connectivity index (χ1n) is 18.8. The van der Waals surface area contributed by atoms with Crippen LogP contribution in [-0.4, -0.2) is 66.9 Å². The summed E-state index contributed by atoms with van der Waals surface area (Å²) in [5.74, 6) is -1.07. The standard InChI is InChI=1S/C40H65NO7/c1-13-41-38(11,24(4)5)21-47-33-29(48-26(7)42)19-40-22-46-20-36(33,9)30(40)15-14-27-28(40)18-31(43)39(12)32(34(44)45)35(8,25(6)23(2)3)16-17-37(27,39)10/h18,23-25,27,29-30,32-33,41H,13-17,19-22H2,1-12H3,(H,44,45)/t25-,27+,29-,30+,32-,33+,35-,36-,37-,38+,39+,40+/m1/s1. The number of allylic oxidation sites excluding steroid dienone is 1. The maximum absolute atomic E-state index is 14.9. The number of hydrogen-bond acceptors (Lipinski definition) is 7. The van der Waals surface area contributed by atoms with Crippen molar-refractivity contribution in [2.24, 2.45) is 62.6 Å². The molecule has 4 aliphatic carbocycles. The summed E-state index contributed by atoms with van der Waals surface area (Å²) < 4.78 is 19.7. The summed E-state index contributed by atoms with van der Waals surface area (Å²) in [6.45, 7) is 27.4. The van der Waals surface area contributed by atoms with Crippen molar-refractivity contribution in [3.05, 3.63) is 11.6 Å². The monoisotopic (exact) mass is 671 g/mol. The van der Waals surface area contributed by atoms with Crippen LogP contribution in [0.15, 0.2) is 11.6 Å². The highest BCUT2D eigenvalue weighted by Gasteiger charge is 2.74. The number of ether oxygens (including phenoxy) is 3. The molecule has 0 unspecified atom stereocenters. The molecule has 0 amide bonds. The van der Waals surface area contributed by atoms with Crippen LogP contribution in [0.1, 0.15) is 115 Å². The molecule has 0 aromatic carbocycles. The minimum atomic E-state index is -1.05. The Kier molecular flexibility index (Phi) is 9.74.